The lowest BCUT2D eigenvalue weighted by atomic mass is 9.84. The van der Waals surface area contributed by atoms with Crippen molar-refractivity contribution in [1.29, 1.82) is 0 Å². The lowest BCUT2D eigenvalue weighted by Gasteiger charge is -2.29. The van der Waals surface area contributed by atoms with Gasteiger partial charge in [-0.2, -0.15) is 0 Å². The van der Waals surface area contributed by atoms with Gasteiger partial charge in [0.1, 0.15) is 6.04 Å². The summed E-state index contributed by atoms with van der Waals surface area (Å²) in [5, 5.41) is 2.76. The van der Waals surface area contributed by atoms with E-state index in [0.717, 1.165) is 30.6 Å². The van der Waals surface area contributed by atoms with Gasteiger partial charge in [0.15, 0.2) is 0 Å². The Labute approximate surface area is 119 Å². The minimum absolute atomic E-state index is 0.0911. The Morgan fingerprint density at radius 3 is 2.55 bits per heavy atom. The monoisotopic (exact) mass is 281 g/mol. The van der Waals surface area contributed by atoms with Crippen LogP contribution in [-0.2, 0) is 14.4 Å². The lowest BCUT2D eigenvalue weighted by molar-refractivity contribution is -0.149. The first-order valence-corrected chi connectivity index (χ1v) is 7.32. The van der Waals surface area contributed by atoms with Crippen molar-refractivity contribution < 1.29 is 14.4 Å². The number of rotatable bonds is 3. The molecule has 0 radical (unpaired) electrons. The highest BCUT2D eigenvalue weighted by Crippen LogP contribution is 2.25. The van der Waals surface area contributed by atoms with Gasteiger partial charge in [-0.05, 0) is 38.0 Å². The molecule has 2 fully saturated rings. The molecule has 1 saturated carbocycles. The molecule has 6 nitrogen and oxygen atoms in total. The van der Waals surface area contributed by atoms with Crippen LogP contribution in [0.4, 0.5) is 0 Å². The first-order valence-electron chi connectivity index (χ1n) is 7.32. The average Bonchev–Trinajstić information content (AvgIpc) is 2.42. The smallest absolute Gasteiger partial charge is 0.251 e. The van der Waals surface area contributed by atoms with E-state index < -0.39 is 6.04 Å². The fourth-order valence-corrected chi connectivity index (χ4v) is 2.96. The number of carbonyl (C=O) groups excluding carboxylic acids is 3. The molecule has 3 amide bonds. The standard InChI is InChI=1S/C14H23N3O3/c1-17-13(19)7-6-11(14(17)20)16-12(18)8-9-2-4-10(15)5-3-9/h9-11H,2-8,15H2,1H3,(H,16,18). The first-order chi connectivity index (χ1) is 9.47. The predicted molar refractivity (Wildman–Crippen MR) is 73.5 cm³/mol. The fraction of sp³-hybridized carbons (Fsp3) is 0.786. The van der Waals surface area contributed by atoms with Crippen LogP contribution in [-0.4, -0.2) is 41.8 Å². The quantitative estimate of drug-likeness (QED) is 0.721. The van der Waals surface area contributed by atoms with Gasteiger partial charge in [-0.3, -0.25) is 19.3 Å². The van der Waals surface area contributed by atoms with Crippen LogP contribution in [0.1, 0.15) is 44.9 Å². The van der Waals surface area contributed by atoms with Crippen molar-refractivity contribution >= 4 is 17.7 Å². The molecule has 20 heavy (non-hydrogen) atoms. The normalized spacial score (nSPS) is 31.3. The Balaban J connectivity index is 1.79. The summed E-state index contributed by atoms with van der Waals surface area (Å²) in [6.07, 6.45) is 5.06. The Morgan fingerprint density at radius 1 is 1.25 bits per heavy atom. The molecule has 1 aliphatic carbocycles. The highest BCUT2D eigenvalue weighted by molar-refractivity contribution is 6.01. The second-order valence-corrected chi connectivity index (χ2v) is 5.93. The molecule has 1 saturated heterocycles. The van der Waals surface area contributed by atoms with Gasteiger partial charge < -0.3 is 11.1 Å². The maximum atomic E-state index is 12.0. The molecule has 6 heteroatoms. The average molecular weight is 281 g/mol. The fourth-order valence-electron chi connectivity index (χ4n) is 2.96. The van der Waals surface area contributed by atoms with Crippen LogP contribution in [0.2, 0.25) is 0 Å². The second-order valence-electron chi connectivity index (χ2n) is 5.93. The molecule has 2 rings (SSSR count). The second kappa shape index (κ2) is 6.35. The third-order valence-electron chi connectivity index (χ3n) is 4.35. The number of hydrogen-bond acceptors (Lipinski definition) is 4. The van der Waals surface area contributed by atoms with Crippen LogP contribution in [0.5, 0.6) is 0 Å². The number of likely N-dealkylation sites (N-methyl/N-ethyl adjacent to an activating group) is 1. The van der Waals surface area contributed by atoms with Gasteiger partial charge in [0.05, 0.1) is 0 Å². The molecular formula is C14H23N3O3. The van der Waals surface area contributed by atoms with Crippen LogP contribution in [0.15, 0.2) is 0 Å². The van der Waals surface area contributed by atoms with Gasteiger partial charge >= 0.3 is 0 Å². The predicted octanol–water partition coefficient (Wildman–Crippen LogP) is 0.158. The van der Waals surface area contributed by atoms with E-state index in [4.69, 9.17) is 5.73 Å². The first kappa shape index (κ1) is 15.0. The highest BCUT2D eigenvalue weighted by Gasteiger charge is 2.33. The summed E-state index contributed by atoms with van der Waals surface area (Å²) in [6, 6.07) is -0.273. The summed E-state index contributed by atoms with van der Waals surface area (Å²) in [4.78, 5) is 36.3. The zero-order chi connectivity index (χ0) is 14.7. The van der Waals surface area contributed by atoms with Crippen LogP contribution < -0.4 is 11.1 Å². The number of nitrogens with two attached hydrogens (primary N) is 1. The molecule has 0 aromatic rings. The Kier molecular flexibility index (Phi) is 4.75. The maximum Gasteiger partial charge on any atom is 0.251 e. The van der Waals surface area contributed by atoms with Crippen LogP contribution in [0.25, 0.3) is 0 Å². The largest absolute Gasteiger partial charge is 0.344 e. The zero-order valence-electron chi connectivity index (χ0n) is 11.9. The van der Waals surface area contributed by atoms with Crippen LogP contribution in [0, 0.1) is 5.92 Å². The summed E-state index contributed by atoms with van der Waals surface area (Å²) in [5.74, 6) is -0.207. The Bertz CT molecular complexity index is 402. The molecule has 2 aliphatic rings. The molecule has 0 aromatic heterocycles. The lowest BCUT2D eigenvalue weighted by Crippen LogP contribution is -2.53. The molecule has 0 spiro atoms. The third-order valence-corrected chi connectivity index (χ3v) is 4.35. The molecular weight excluding hydrogens is 258 g/mol. The van der Waals surface area contributed by atoms with Crippen LogP contribution in [0.3, 0.4) is 0 Å². The Morgan fingerprint density at radius 2 is 1.90 bits per heavy atom. The minimum Gasteiger partial charge on any atom is -0.344 e. The van der Waals surface area contributed by atoms with Gasteiger partial charge in [-0.25, -0.2) is 0 Å². The number of amides is 3. The van der Waals surface area contributed by atoms with E-state index in [9.17, 15) is 14.4 Å². The number of imide groups is 1. The van der Waals surface area contributed by atoms with Crippen molar-refractivity contribution in [3.8, 4) is 0 Å². The van der Waals surface area contributed by atoms with Crippen molar-refractivity contribution in [2.75, 3.05) is 7.05 Å². The van der Waals surface area contributed by atoms with E-state index in [1.165, 1.54) is 7.05 Å². The van der Waals surface area contributed by atoms with Gasteiger partial charge in [-0.1, -0.05) is 0 Å². The minimum atomic E-state index is -0.545. The van der Waals surface area contributed by atoms with Crippen LogP contribution >= 0.6 is 0 Å². The number of likely N-dealkylation sites (tertiary alicyclic amines) is 1. The summed E-state index contributed by atoms with van der Waals surface area (Å²) >= 11 is 0. The van der Waals surface area contributed by atoms with E-state index in [-0.39, 0.29) is 23.8 Å². The molecule has 1 aliphatic heterocycles. The zero-order valence-corrected chi connectivity index (χ0v) is 11.9. The summed E-state index contributed by atoms with van der Waals surface area (Å²) in [6.45, 7) is 0. The molecule has 1 unspecified atom stereocenters. The molecule has 112 valence electrons. The Hall–Kier alpha value is -1.43. The topological polar surface area (TPSA) is 92.5 Å². The van der Waals surface area contributed by atoms with E-state index in [1.54, 1.807) is 0 Å². The number of hydrogen-bond donors (Lipinski definition) is 2. The van der Waals surface area contributed by atoms with Gasteiger partial charge in [0.25, 0.3) is 5.91 Å². The van der Waals surface area contributed by atoms with Crippen molar-refractivity contribution in [3.05, 3.63) is 0 Å². The number of nitrogens with zero attached hydrogens (tertiary/aromatic N) is 1. The molecule has 0 aromatic carbocycles. The SMILES string of the molecule is CN1C(=O)CCC(NC(=O)CC2CCC(N)CC2)C1=O. The summed E-state index contributed by atoms with van der Waals surface area (Å²) < 4.78 is 0. The van der Waals surface area contributed by atoms with E-state index in [2.05, 4.69) is 5.32 Å². The molecule has 0 bridgehead atoms. The van der Waals surface area contributed by atoms with E-state index >= 15 is 0 Å². The van der Waals surface area contributed by atoms with Gasteiger partial charge in [0.2, 0.25) is 11.8 Å². The highest BCUT2D eigenvalue weighted by atomic mass is 16.2. The number of piperidine rings is 1. The van der Waals surface area contributed by atoms with E-state index in [1.807, 2.05) is 0 Å². The van der Waals surface area contributed by atoms with Gasteiger partial charge in [-0.15, -0.1) is 0 Å². The van der Waals surface area contributed by atoms with Crippen molar-refractivity contribution in [1.82, 2.24) is 10.2 Å². The molecule has 1 atom stereocenters. The summed E-state index contributed by atoms with van der Waals surface area (Å²) in [5.41, 5.74) is 5.84. The van der Waals surface area contributed by atoms with Crippen molar-refractivity contribution in [2.45, 2.75) is 57.0 Å². The number of carbonyl (C=O) groups is 3. The van der Waals surface area contributed by atoms with E-state index in [0.29, 0.717) is 25.2 Å². The molecule has 1 heterocycles. The number of nitrogens with one attached hydrogen (secondary N) is 1. The van der Waals surface area contributed by atoms with Crippen molar-refractivity contribution in [2.24, 2.45) is 11.7 Å². The summed E-state index contributed by atoms with van der Waals surface area (Å²) in [7, 11) is 1.46. The van der Waals surface area contributed by atoms with Crippen molar-refractivity contribution in [3.63, 3.8) is 0 Å². The third kappa shape index (κ3) is 3.56. The molecule has 3 N–H and O–H groups in total. The van der Waals surface area contributed by atoms with Gasteiger partial charge in [0, 0.05) is 25.9 Å². The maximum absolute atomic E-state index is 12.0.